The molecule has 1 aliphatic heterocycles. The van der Waals surface area contributed by atoms with Crippen LogP contribution < -0.4 is 10.6 Å². The van der Waals surface area contributed by atoms with Crippen LogP contribution in [0.2, 0.25) is 0 Å². The first-order valence-corrected chi connectivity index (χ1v) is 16.5. The molecule has 1 fully saturated rings. The van der Waals surface area contributed by atoms with E-state index in [1.165, 1.54) is 17.5 Å². The van der Waals surface area contributed by atoms with E-state index in [2.05, 4.69) is 27.7 Å². The molecular weight excluding hydrogens is 546 g/mol. The third kappa shape index (κ3) is 7.59. The number of amides is 2. The Morgan fingerprint density at radius 3 is 2.02 bits per heavy atom. The number of urea groups is 1. The number of hydrogen-bond donors (Lipinski definition) is 3. The van der Waals surface area contributed by atoms with Gasteiger partial charge in [0.25, 0.3) is 0 Å². The Bertz CT molecular complexity index is 1340. The average molecular weight is 596 g/mol. The molecular formula is C38H49N3O3. The molecule has 0 saturated heterocycles. The highest BCUT2D eigenvalue weighted by atomic mass is 16.3. The fourth-order valence-electron chi connectivity index (χ4n) is 7.02. The minimum atomic E-state index is -1.35. The second-order valence-corrected chi connectivity index (χ2v) is 13.2. The summed E-state index contributed by atoms with van der Waals surface area (Å²) in [6.07, 6.45) is 7.42. The minimum Gasteiger partial charge on any atom is -0.378 e. The second kappa shape index (κ2) is 14.5. The summed E-state index contributed by atoms with van der Waals surface area (Å²) in [6.45, 7) is 9.01. The molecule has 0 aromatic heterocycles. The summed E-state index contributed by atoms with van der Waals surface area (Å²) in [5.41, 5.74) is 3.73. The van der Waals surface area contributed by atoms with Gasteiger partial charge in [0.05, 0.1) is 6.04 Å². The van der Waals surface area contributed by atoms with Crippen molar-refractivity contribution >= 4 is 11.8 Å². The zero-order chi connectivity index (χ0) is 31.1. The van der Waals surface area contributed by atoms with Gasteiger partial charge in [-0.1, -0.05) is 86.6 Å². The number of fused-ring (bicyclic) bond motifs is 1. The quantitative estimate of drug-likeness (QED) is 0.234. The molecule has 0 bridgehead atoms. The molecule has 0 spiro atoms. The second-order valence-electron chi connectivity index (χ2n) is 13.2. The Balaban J connectivity index is 1.07. The Morgan fingerprint density at radius 2 is 1.43 bits per heavy atom. The molecule has 1 aliphatic carbocycles. The fraction of sp³-hybridized carbons (Fsp3) is 0.474. The van der Waals surface area contributed by atoms with Crippen LogP contribution in [-0.4, -0.2) is 53.5 Å². The molecule has 0 radical (unpaired) electrons. The average Bonchev–Trinajstić information content (AvgIpc) is 3.26. The first kappa shape index (κ1) is 31.9. The van der Waals surface area contributed by atoms with Crippen molar-refractivity contribution in [3.8, 4) is 0 Å². The molecule has 5 rings (SSSR count). The molecule has 2 aliphatic rings. The van der Waals surface area contributed by atoms with Crippen LogP contribution in [0.15, 0.2) is 78.9 Å². The fourth-order valence-corrected chi connectivity index (χ4v) is 7.02. The highest BCUT2D eigenvalue weighted by molar-refractivity contribution is 5.97. The Kier molecular flexibility index (Phi) is 10.5. The molecule has 3 aromatic carbocycles. The summed E-state index contributed by atoms with van der Waals surface area (Å²) in [5, 5.41) is 18.2. The van der Waals surface area contributed by atoms with E-state index in [0.29, 0.717) is 5.92 Å². The van der Waals surface area contributed by atoms with E-state index in [4.69, 9.17) is 0 Å². The molecule has 234 valence electrons. The van der Waals surface area contributed by atoms with Crippen LogP contribution >= 0.6 is 0 Å². The lowest BCUT2D eigenvalue weighted by atomic mass is 9.81. The van der Waals surface area contributed by atoms with Crippen LogP contribution in [-0.2, 0) is 18.4 Å². The lowest BCUT2D eigenvalue weighted by Crippen LogP contribution is -2.54. The van der Waals surface area contributed by atoms with E-state index in [0.717, 1.165) is 74.8 Å². The van der Waals surface area contributed by atoms with Crippen molar-refractivity contribution in [1.29, 1.82) is 0 Å². The van der Waals surface area contributed by atoms with Gasteiger partial charge in [0.2, 0.25) is 0 Å². The predicted octanol–water partition coefficient (Wildman–Crippen LogP) is 6.50. The smallest absolute Gasteiger partial charge is 0.315 e. The predicted molar refractivity (Wildman–Crippen MR) is 177 cm³/mol. The van der Waals surface area contributed by atoms with Crippen LogP contribution in [0, 0.1) is 11.8 Å². The highest BCUT2D eigenvalue weighted by Gasteiger charge is 2.38. The number of nitrogens with one attached hydrogen (secondary N) is 2. The largest absolute Gasteiger partial charge is 0.378 e. The van der Waals surface area contributed by atoms with E-state index in [1.807, 2.05) is 87.5 Å². The Morgan fingerprint density at radius 1 is 0.841 bits per heavy atom. The van der Waals surface area contributed by atoms with Gasteiger partial charge in [0.1, 0.15) is 5.60 Å². The van der Waals surface area contributed by atoms with Gasteiger partial charge in [-0.3, -0.25) is 4.79 Å². The first-order chi connectivity index (χ1) is 21.2. The van der Waals surface area contributed by atoms with Crippen LogP contribution in [0.5, 0.6) is 0 Å². The molecule has 0 unspecified atom stereocenters. The first-order valence-electron chi connectivity index (χ1n) is 16.5. The van der Waals surface area contributed by atoms with Gasteiger partial charge in [-0.2, -0.15) is 0 Å². The monoisotopic (exact) mass is 595 g/mol. The van der Waals surface area contributed by atoms with Crippen LogP contribution in [0.1, 0.15) is 85.5 Å². The topological polar surface area (TPSA) is 81.7 Å². The van der Waals surface area contributed by atoms with Crippen molar-refractivity contribution < 1.29 is 14.7 Å². The van der Waals surface area contributed by atoms with Crippen LogP contribution in [0.4, 0.5) is 4.79 Å². The van der Waals surface area contributed by atoms with Gasteiger partial charge in [-0.25, -0.2) is 4.79 Å². The normalized spacial score (nSPS) is 19.9. The summed E-state index contributed by atoms with van der Waals surface area (Å²) < 4.78 is 0. The van der Waals surface area contributed by atoms with Crippen molar-refractivity contribution in [3.63, 3.8) is 0 Å². The molecule has 44 heavy (non-hydrogen) atoms. The number of nitrogens with zero attached hydrogens (tertiary/aromatic N) is 1. The Hall–Kier alpha value is -3.48. The van der Waals surface area contributed by atoms with Gasteiger partial charge in [0.15, 0.2) is 5.78 Å². The molecule has 3 aromatic rings. The number of aliphatic hydroxyl groups is 1. The lowest BCUT2D eigenvalue weighted by molar-refractivity contribution is 0.0470. The number of hydrogen-bond acceptors (Lipinski definition) is 4. The van der Waals surface area contributed by atoms with E-state index in [-0.39, 0.29) is 23.8 Å². The maximum Gasteiger partial charge on any atom is 0.315 e. The van der Waals surface area contributed by atoms with Crippen molar-refractivity contribution in [2.75, 3.05) is 19.6 Å². The van der Waals surface area contributed by atoms with Crippen LogP contribution in [0.25, 0.3) is 0 Å². The zero-order valence-electron chi connectivity index (χ0n) is 26.6. The number of ketones is 1. The summed E-state index contributed by atoms with van der Waals surface area (Å²) in [6, 6.07) is 24.8. The van der Waals surface area contributed by atoms with E-state index < -0.39 is 11.6 Å². The molecule has 1 heterocycles. The van der Waals surface area contributed by atoms with Gasteiger partial charge >= 0.3 is 6.03 Å². The molecule has 1 atom stereocenters. The zero-order valence-corrected chi connectivity index (χ0v) is 26.6. The van der Waals surface area contributed by atoms with E-state index in [9.17, 15) is 14.7 Å². The van der Waals surface area contributed by atoms with E-state index >= 15 is 0 Å². The minimum absolute atomic E-state index is 0.0258. The Labute approximate surface area is 263 Å². The van der Waals surface area contributed by atoms with Gasteiger partial charge in [0, 0.05) is 30.6 Å². The molecule has 1 saturated carbocycles. The van der Waals surface area contributed by atoms with E-state index in [1.54, 1.807) is 0 Å². The number of rotatable bonds is 10. The van der Waals surface area contributed by atoms with Crippen LogP contribution in [0.3, 0.4) is 0 Å². The van der Waals surface area contributed by atoms with Crippen molar-refractivity contribution in [2.24, 2.45) is 11.8 Å². The molecule has 6 nitrogen and oxygen atoms in total. The summed E-state index contributed by atoms with van der Waals surface area (Å²) in [7, 11) is 0. The van der Waals surface area contributed by atoms with Crippen molar-refractivity contribution in [3.05, 3.63) is 107 Å². The van der Waals surface area contributed by atoms with Crippen molar-refractivity contribution in [2.45, 2.75) is 83.4 Å². The standard InChI is InChI=1S/C38H49N3O3/c1-27(2)36(42)32-17-16-30-21-24-41(25-22-31(30)26-32)23-20-29-14-18-35(19-15-29)40-37(43)39-28(3)38(44,33-10-6-4-7-11-33)34-12-8-5-9-13-34/h4-13,16-17,26-29,35,44H,14-15,18-25H2,1-3H3,(H2,39,40,43)/t28-,29-,35-/m1/s1. The maximum atomic E-state index is 13.1. The number of Topliss-reactive ketones (excluding diaryl/α,β-unsaturated/α-hetero) is 1. The number of benzene rings is 3. The molecule has 3 N–H and O–H groups in total. The summed E-state index contributed by atoms with van der Waals surface area (Å²) in [4.78, 5) is 28.2. The highest BCUT2D eigenvalue weighted by Crippen LogP contribution is 2.33. The number of carbonyl (C=O) groups excluding carboxylic acids is 2. The third-order valence-corrected chi connectivity index (χ3v) is 9.85. The summed E-state index contributed by atoms with van der Waals surface area (Å²) in [5.74, 6) is 0.932. The number of carbonyl (C=O) groups is 2. The van der Waals surface area contributed by atoms with Crippen molar-refractivity contribution in [1.82, 2.24) is 15.5 Å². The lowest BCUT2D eigenvalue weighted by Gasteiger charge is -2.36. The van der Waals surface area contributed by atoms with Gasteiger partial charge in [-0.15, -0.1) is 0 Å². The maximum absolute atomic E-state index is 13.1. The van der Waals surface area contributed by atoms with Gasteiger partial charge < -0.3 is 20.6 Å². The van der Waals surface area contributed by atoms with Gasteiger partial charge in [-0.05, 0) is 92.7 Å². The summed E-state index contributed by atoms with van der Waals surface area (Å²) >= 11 is 0. The molecule has 2 amide bonds. The SMILES string of the molecule is CC(C)C(=O)c1ccc2c(c1)CCN(CC[C@H]1CC[C@H](NC(=O)N[C@H](C)C(O)(c3ccccc3)c3ccccc3)CC1)CC2. The molecule has 6 heteroatoms. The third-order valence-electron chi connectivity index (χ3n) is 9.85.